The number of benzene rings is 1. The van der Waals surface area contributed by atoms with Crippen molar-refractivity contribution in [3.05, 3.63) is 30.3 Å². The maximum atomic E-state index is 12.5. The fourth-order valence-corrected chi connectivity index (χ4v) is 3.08. The molecule has 0 saturated heterocycles. The van der Waals surface area contributed by atoms with Gasteiger partial charge in [-0.1, -0.05) is 18.2 Å². The number of carbonyl (C=O) groups is 1. The van der Waals surface area contributed by atoms with Crippen molar-refractivity contribution >= 4 is 16.0 Å². The molecule has 1 aromatic rings. The van der Waals surface area contributed by atoms with E-state index in [2.05, 4.69) is 0 Å². The molecule has 0 unspecified atom stereocenters. The van der Waals surface area contributed by atoms with E-state index in [0.29, 0.717) is 6.54 Å². The summed E-state index contributed by atoms with van der Waals surface area (Å²) < 4.78 is 26.2. The normalized spacial score (nSPS) is 12.0. The molecule has 0 radical (unpaired) electrons. The highest BCUT2D eigenvalue weighted by Crippen LogP contribution is 2.15. The first-order valence-electron chi connectivity index (χ1n) is 6.26. The van der Waals surface area contributed by atoms with Gasteiger partial charge in [0.05, 0.1) is 11.3 Å². The molecular weight excluding hydrogens is 280 g/mol. The van der Waals surface area contributed by atoms with Crippen LogP contribution in [0.2, 0.25) is 0 Å². The lowest BCUT2D eigenvalue weighted by atomic mass is 10.4. The van der Waals surface area contributed by atoms with Crippen molar-refractivity contribution in [1.29, 1.82) is 0 Å². The number of sulfonamides is 1. The molecule has 112 valence electrons. The van der Waals surface area contributed by atoms with Gasteiger partial charge in [-0.25, -0.2) is 8.42 Å². The number of rotatable bonds is 8. The molecule has 0 aromatic heterocycles. The number of carboxylic acids is 1. The Balaban J connectivity index is 2.93. The molecule has 1 rings (SSSR count). The number of nitrogens with zero attached hydrogens (tertiary/aromatic N) is 2. The van der Waals surface area contributed by atoms with Crippen molar-refractivity contribution in [2.24, 2.45) is 0 Å². The zero-order valence-corrected chi connectivity index (χ0v) is 12.5. The quantitative estimate of drug-likeness (QED) is 0.765. The van der Waals surface area contributed by atoms with Gasteiger partial charge in [-0.15, -0.1) is 0 Å². The van der Waals surface area contributed by atoms with Crippen LogP contribution in [0.3, 0.4) is 0 Å². The first kappa shape index (κ1) is 16.6. The first-order valence-corrected chi connectivity index (χ1v) is 7.70. The van der Waals surface area contributed by atoms with Gasteiger partial charge in [0.1, 0.15) is 0 Å². The summed E-state index contributed by atoms with van der Waals surface area (Å²) >= 11 is 0. The molecule has 1 aromatic carbocycles. The van der Waals surface area contributed by atoms with Crippen LogP contribution < -0.4 is 0 Å². The Morgan fingerprint density at radius 3 is 2.20 bits per heavy atom. The van der Waals surface area contributed by atoms with Gasteiger partial charge in [0, 0.05) is 19.6 Å². The van der Waals surface area contributed by atoms with Gasteiger partial charge in [-0.2, -0.15) is 4.31 Å². The van der Waals surface area contributed by atoms with Crippen LogP contribution >= 0.6 is 0 Å². The summed E-state index contributed by atoms with van der Waals surface area (Å²) in [6.45, 7) is 0.767. The van der Waals surface area contributed by atoms with Crippen LogP contribution in [-0.4, -0.2) is 62.4 Å². The average Bonchev–Trinajstić information content (AvgIpc) is 2.38. The van der Waals surface area contributed by atoms with E-state index >= 15 is 0 Å². The Morgan fingerprint density at radius 2 is 1.70 bits per heavy atom. The van der Waals surface area contributed by atoms with Gasteiger partial charge < -0.3 is 10.0 Å². The van der Waals surface area contributed by atoms with Crippen LogP contribution in [0.5, 0.6) is 0 Å². The summed E-state index contributed by atoms with van der Waals surface area (Å²) in [6.07, 6.45) is -0.209. The Hall–Kier alpha value is -1.44. The molecule has 0 amide bonds. The standard InChI is InChI=1S/C13H20N2O4S/c1-14(2)10-11-15(9-8-13(16)17)20(18,19)12-6-4-3-5-7-12/h3-7H,8-11H2,1-2H3,(H,16,17). The minimum Gasteiger partial charge on any atom is -0.481 e. The topological polar surface area (TPSA) is 77.9 Å². The number of hydrogen-bond acceptors (Lipinski definition) is 4. The van der Waals surface area contributed by atoms with Gasteiger partial charge >= 0.3 is 5.97 Å². The van der Waals surface area contributed by atoms with E-state index in [4.69, 9.17) is 5.11 Å². The molecule has 0 aliphatic rings. The highest BCUT2D eigenvalue weighted by molar-refractivity contribution is 7.89. The second-order valence-electron chi connectivity index (χ2n) is 4.66. The van der Waals surface area contributed by atoms with E-state index in [-0.39, 0.29) is 24.4 Å². The van der Waals surface area contributed by atoms with Crippen molar-refractivity contribution in [1.82, 2.24) is 9.21 Å². The number of hydrogen-bond donors (Lipinski definition) is 1. The minimum atomic E-state index is -3.65. The molecule has 1 N–H and O–H groups in total. The Kier molecular flexibility index (Phi) is 6.12. The van der Waals surface area contributed by atoms with Crippen molar-refractivity contribution in [2.75, 3.05) is 33.7 Å². The van der Waals surface area contributed by atoms with Gasteiger partial charge in [-0.3, -0.25) is 4.79 Å². The molecule has 0 heterocycles. The van der Waals surface area contributed by atoms with Crippen molar-refractivity contribution in [2.45, 2.75) is 11.3 Å². The average molecular weight is 300 g/mol. The van der Waals surface area contributed by atoms with Crippen LogP contribution in [0.25, 0.3) is 0 Å². The lowest BCUT2D eigenvalue weighted by Gasteiger charge is -2.23. The third-order valence-electron chi connectivity index (χ3n) is 2.75. The largest absolute Gasteiger partial charge is 0.481 e. The fraction of sp³-hybridized carbons (Fsp3) is 0.462. The van der Waals surface area contributed by atoms with Crippen LogP contribution in [0.4, 0.5) is 0 Å². The highest BCUT2D eigenvalue weighted by atomic mass is 32.2. The summed E-state index contributed by atoms with van der Waals surface area (Å²) in [5.74, 6) is -1.01. The third-order valence-corrected chi connectivity index (χ3v) is 4.67. The first-order chi connectivity index (χ1) is 9.34. The van der Waals surface area contributed by atoms with Crippen LogP contribution in [0.15, 0.2) is 35.2 Å². The summed E-state index contributed by atoms with van der Waals surface area (Å²) in [7, 11) is 0.0265. The van der Waals surface area contributed by atoms with Crippen LogP contribution in [-0.2, 0) is 14.8 Å². The highest BCUT2D eigenvalue weighted by Gasteiger charge is 2.24. The zero-order chi connectivity index (χ0) is 15.2. The van der Waals surface area contributed by atoms with E-state index in [9.17, 15) is 13.2 Å². The molecule has 0 saturated carbocycles. The van der Waals surface area contributed by atoms with E-state index in [1.807, 2.05) is 19.0 Å². The maximum Gasteiger partial charge on any atom is 0.304 e. The zero-order valence-electron chi connectivity index (χ0n) is 11.7. The molecule has 0 atom stereocenters. The molecule has 0 fully saturated rings. The van der Waals surface area contributed by atoms with E-state index in [1.165, 1.54) is 16.4 Å². The fourth-order valence-electron chi connectivity index (χ4n) is 1.63. The minimum absolute atomic E-state index is 0.0274. The molecule has 0 bridgehead atoms. The van der Waals surface area contributed by atoms with Gasteiger partial charge in [0.15, 0.2) is 0 Å². The molecule has 0 aliphatic heterocycles. The molecule has 20 heavy (non-hydrogen) atoms. The number of carboxylic acid groups (broad SMARTS) is 1. The molecule has 0 aliphatic carbocycles. The van der Waals surface area contributed by atoms with Gasteiger partial charge in [-0.05, 0) is 26.2 Å². The summed E-state index contributed by atoms with van der Waals surface area (Å²) in [5.41, 5.74) is 0. The SMILES string of the molecule is CN(C)CCN(CCC(=O)O)S(=O)(=O)c1ccccc1. The third kappa shape index (κ3) is 4.92. The Labute approximate surface area is 119 Å². The van der Waals surface area contributed by atoms with E-state index in [1.54, 1.807) is 18.2 Å². The monoisotopic (exact) mass is 300 g/mol. The lowest BCUT2D eigenvalue weighted by Crippen LogP contribution is -2.38. The summed E-state index contributed by atoms with van der Waals surface area (Å²) in [6, 6.07) is 8.06. The molecule has 0 spiro atoms. The second kappa shape index (κ2) is 7.37. The molecule has 7 heteroatoms. The predicted molar refractivity (Wildman–Crippen MR) is 76.0 cm³/mol. The van der Waals surface area contributed by atoms with Gasteiger partial charge in [0.2, 0.25) is 10.0 Å². The van der Waals surface area contributed by atoms with E-state index < -0.39 is 16.0 Å². The maximum absolute atomic E-state index is 12.5. The smallest absolute Gasteiger partial charge is 0.304 e. The molecule has 6 nitrogen and oxygen atoms in total. The van der Waals surface area contributed by atoms with Crippen molar-refractivity contribution in [3.63, 3.8) is 0 Å². The number of aliphatic carboxylic acids is 1. The van der Waals surface area contributed by atoms with Gasteiger partial charge in [0.25, 0.3) is 0 Å². The Bertz CT molecular complexity index is 529. The van der Waals surface area contributed by atoms with Crippen LogP contribution in [0, 0.1) is 0 Å². The molecular formula is C13H20N2O4S. The Morgan fingerprint density at radius 1 is 1.10 bits per heavy atom. The van der Waals surface area contributed by atoms with Crippen LogP contribution in [0.1, 0.15) is 6.42 Å². The second-order valence-corrected chi connectivity index (χ2v) is 6.60. The van der Waals surface area contributed by atoms with Crippen molar-refractivity contribution < 1.29 is 18.3 Å². The van der Waals surface area contributed by atoms with E-state index in [0.717, 1.165) is 0 Å². The predicted octanol–water partition coefficient (Wildman–Crippen LogP) is 0.714. The van der Waals surface area contributed by atoms with Crippen molar-refractivity contribution in [3.8, 4) is 0 Å². The summed E-state index contributed by atoms with van der Waals surface area (Å²) in [4.78, 5) is 12.7. The lowest BCUT2D eigenvalue weighted by molar-refractivity contribution is -0.137. The number of likely N-dealkylation sites (N-methyl/N-ethyl adjacent to an activating group) is 1. The summed E-state index contributed by atoms with van der Waals surface area (Å²) in [5, 5.41) is 8.74.